The lowest BCUT2D eigenvalue weighted by molar-refractivity contribution is -0.122. The van der Waals surface area contributed by atoms with Gasteiger partial charge in [-0.2, -0.15) is 0 Å². The Morgan fingerprint density at radius 3 is 2.52 bits per heavy atom. The Bertz CT molecular complexity index is 818. The van der Waals surface area contributed by atoms with Crippen LogP contribution in [0.25, 0.3) is 0 Å². The second kappa shape index (κ2) is 10.6. The molecule has 0 unspecified atom stereocenters. The standard InChI is InChI=1S/C24H28N2O3/c1-2-23(27)25-20-14-11-18(12-15-20)13-16-24(28)26-21-9-6-10-22(21)29-17-19-7-4-3-5-8-19/h2-5,7-8,11-12,14-15,21-22H,1,6,9-10,13,16-17H2,(H,25,27)(H,26,28)/t21-,22-/m1/s1. The molecule has 1 aliphatic rings. The van der Waals surface area contributed by atoms with E-state index in [2.05, 4.69) is 29.3 Å². The largest absolute Gasteiger partial charge is 0.371 e. The molecule has 5 nitrogen and oxygen atoms in total. The van der Waals surface area contributed by atoms with Gasteiger partial charge in [-0.05, 0) is 55.0 Å². The molecule has 0 saturated heterocycles. The second-order valence-electron chi connectivity index (χ2n) is 7.33. The lowest BCUT2D eigenvalue weighted by atomic mass is 10.1. The summed E-state index contributed by atoms with van der Waals surface area (Å²) in [6.45, 7) is 4.01. The highest BCUT2D eigenvalue weighted by Crippen LogP contribution is 2.23. The normalized spacial score (nSPS) is 18.2. The monoisotopic (exact) mass is 392 g/mol. The molecule has 0 heterocycles. The summed E-state index contributed by atoms with van der Waals surface area (Å²) in [6.07, 6.45) is 5.41. The molecule has 2 atom stereocenters. The molecule has 152 valence electrons. The van der Waals surface area contributed by atoms with Crippen LogP contribution in [0.4, 0.5) is 5.69 Å². The summed E-state index contributed by atoms with van der Waals surface area (Å²) in [7, 11) is 0. The number of benzene rings is 2. The van der Waals surface area contributed by atoms with Gasteiger partial charge in [-0.1, -0.05) is 49.0 Å². The van der Waals surface area contributed by atoms with Crippen LogP contribution in [0.2, 0.25) is 0 Å². The van der Waals surface area contributed by atoms with Gasteiger partial charge in [-0.3, -0.25) is 9.59 Å². The number of nitrogens with one attached hydrogen (secondary N) is 2. The van der Waals surface area contributed by atoms with Gasteiger partial charge in [0.25, 0.3) is 0 Å². The Hall–Kier alpha value is -2.92. The molecule has 29 heavy (non-hydrogen) atoms. The maximum absolute atomic E-state index is 12.4. The number of hydrogen-bond donors (Lipinski definition) is 2. The van der Waals surface area contributed by atoms with Crippen LogP contribution < -0.4 is 10.6 Å². The number of aryl methyl sites for hydroxylation is 1. The molecule has 0 spiro atoms. The third-order valence-corrected chi connectivity index (χ3v) is 5.15. The summed E-state index contributed by atoms with van der Waals surface area (Å²) in [5, 5.41) is 5.86. The van der Waals surface area contributed by atoms with Crippen molar-refractivity contribution in [2.45, 2.75) is 50.9 Å². The lowest BCUT2D eigenvalue weighted by Gasteiger charge is -2.21. The summed E-state index contributed by atoms with van der Waals surface area (Å²) >= 11 is 0. The first-order valence-corrected chi connectivity index (χ1v) is 10.1. The average Bonchev–Trinajstić information content (AvgIpc) is 3.19. The van der Waals surface area contributed by atoms with Crippen LogP contribution in [0.3, 0.4) is 0 Å². The molecule has 0 radical (unpaired) electrons. The van der Waals surface area contributed by atoms with Crippen LogP contribution in [-0.2, 0) is 27.4 Å². The first kappa shape index (κ1) is 20.8. The van der Waals surface area contributed by atoms with Crippen molar-refractivity contribution in [2.75, 3.05) is 5.32 Å². The zero-order chi connectivity index (χ0) is 20.5. The first-order chi connectivity index (χ1) is 14.1. The van der Waals surface area contributed by atoms with Crippen molar-refractivity contribution in [3.8, 4) is 0 Å². The van der Waals surface area contributed by atoms with Gasteiger partial charge in [0, 0.05) is 12.1 Å². The Morgan fingerprint density at radius 1 is 1.03 bits per heavy atom. The van der Waals surface area contributed by atoms with Crippen molar-refractivity contribution in [3.63, 3.8) is 0 Å². The molecular formula is C24H28N2O3. The maximum Gasteiger partial charge on any atom is 0.247 e. The number of hydrogen-bond acceptors (Lipinski definition) is 3. The van der Waals surface area contributed by atoms with Crippen molar-refractivity contribution < 1.29 is 14.3 Å². The molecule has 5 heteroatoms. The average molecular weight is 392 g/mol. The van der Waals surface area contributed by atoms with Crippen LogP contribution in [-0.4, -0.2) is 24.0 Å². The smallest absolute Gasteiger partial charge is 0.247 e. The summed E-state index contributed by atoms with van der Waals surface area (Å²) in [4.78, 5) is 23.7. The molecule has 2 aromatic carbocycles. The SMILES string of the molecule is C=CC(=O)Nc1ccc(CCC(=O)N[C@@H]2CCC[C@H]2OCc2ccccc2)cc1. The van der Waals surface area contributed by atoms with Crippen LogP contribution in [0.5, 0.6) is 0 Å². The number of rotatable bonds is 9. The Kier molecular flexibility index (Phi) is 7.59. The molecule has 2 aromatic rings. The van der Waals surface area contributed by atoms with E-state index in [9.17, 15) is 9.59 Å². The number of carbonyl (C=O) groups is 2. The highest BCUT2D eigenvalue weighted by atomic mass is 16.5. The van der Waals surface area contributed by atoms with Crippen molar-refractivity contribution in [3.05, 3.63) is 78.4 Å². The minimum atomic E-state index is -0.238. The van der Waals surface area contributed by atoms with Crippen molar-refractivity contribution in [1.82, 2.24) is 5.32 Å². The topological polar surface area (TPSA) is 67.4 Å². The molecule has 1 saturated carbocycles. The van der Waals surface area contributed by atoms with Gasteiger partial charge >= 0.3 is 0 Å². The lowest BCUT2D eigenvalue weighted by Crippen LogP contribution is -2.41. The third kappa shape index (κ3) is 6.57. The van der Waals surface area contributed by atoms with Gasteiger partial charge in [0.1, 0.15) is 0 Å². The number of ether oxygens (including phenoxy) is 1. The van der Waals surface area contributed by atoms with E-state index in [-0.39, 0.29) is 24.0 Å². The number of anilines is 1. The van der Waals surface area contributed by atoms with E-state index < -0.39 is 0 Å². The second-order valence-corrected chi connectivity index (χ2v) is 7.33. The van der Waals surface area contributed by atoms with E-state index >= 15 is 0 Å². The molecule has 2 amide bonds. The highest BCUT2D eigenvalue weighted by molar-refractivity contribution is 5.98. The molecule has 1 aliphatic carbocycles. The van der Waals surface area contributed by atoms with Crippen LogP contribution in [0, 0.1) is 0 Å². The van der Waals surface area contributed by atoms with Crippen LogP contribution >= 0.6 is 0 Å². The van der Waals surface area contributed by atoms with Crippen molar-refractivity contribution >= 4 is 17.5 Å². The van der Waals surface area contributed by atoms with Gasteiger partial charge in [-0.25, -0.2) is 0 Å². The Labute approximate surface area is 172 Å². The summed E-state index contributed by atoms with van der Waals surface area (Å²) in [5.41, 5.74) is 2.92. The molecule has 0 aromatic heterocycles. The summed E-state index contributed by atoms with van der Waals surface area (Å²) in [6, 6.07) is 17.7. The number of amides is 2. The molecule has 1 fully saturated rings. The van der Waals surface area contributed by atoms with Gasteiger partial charge in [0.05, 0.1) is 18.8 Å². The Balaban J connectivity index is 1.42. The van der Waals surface area contributed by atoms with E-state index in [0.717, 1.165) is 30.4 Å². The van der Waals surface area contributed by atoms with E-state index in [1.165, 1.54) is 6.08 Å². The quantitative estimate of drug-likeness (QED) is 0.634. The summed E-state index contributed by atoms with van der Waals surface area (Å²) < 4.78 is 6.06. The molecule has 0 bridgehead atoms. The zero-order valence-corrected chi connectivity index (χ0v) is 16.6. The predicted molar refractivity (Wildman–Crippen MR) is 114 cm³/mol. The first-order valence-electron chi connectivity index (χ1n) is 10.1. The minimum absolute atomic E-state index is 0.0502. The highest BCUT2D eigenvalue weighted by Gasteiger charge is 2.29. The third-order valence-electron chi connectivity index (χ3n) is 5.15. The summed E-state index contributed by atoms with van der Waals surface area (Å²) in [5.74, 6) is -0.188. The minimum Gasteiger partial charge on any atom is -0.371 e. The van der Waals surface area contributed by atoms with E-state index in [1.807, 2.05) is 42.5 Å². The molecule has 0 aliphatic heterocycles. The molecule has 3 rings (SSSR count). The van der Waals surface area contributed by atoms with Gasteiger partial charge in [0.2, 0.25) is 11.8 Å². The maximum atomic E-state index is 12.4. The fourth-order valence-corrected chi connectivity index (χ4v) is 3.55. The van der Waals surface area contributed by atoms with Gasteiger partial charge in [-0.15, -0.1) is 0 Å². The van der Waals surface area contributed by atoms with E-state index in [4.69, 9.17) is 4.74 Å². The predicted octanol–water partition coefficient (Wildman–Crippen LogP) is 4.00. The van der Waals surface area contributed by atoms with E-state index in [0.29, 0.717) is 25.1 Å². The zero-order valence-electron chi connectivity index (χ0n) is 16.6. The number of carbonyl (C=O) groups excluding carboxylic acids is 2. The fraction of sp³-hybridized carbons (Fsp3) is 0.333. The van der Waals surface area contributed by atoms with Gasteiger partial charge < -0.3 is 15.4 Å². The fourth-order valence-electron chi connectivity index (χ4n) is 3.55. The van der Waals surface area contributed by atoms with Crippen LogP contribution in [0.1, 0.15) is 36.8 Å². The Morgan fingerprint density at radius 2 is 1.79 bits per heavy atom. The molecule has 2 N–H and O–H groups in total. The van der Waals surface area contributed by atoms with Gasteiger partial charge in [0.15, 0.2) is 0 Å². The van der Waals surface area contributed by atoms with E-state index in [1.54, 1.807) is 0 Å². The van der Waals surface area contributed by atoms with Crippen molar-refractivity contribution in [1.29, 1.82) is 0 Å². The van der Waals surface area contributed by atoms with Crippen LogP contribution in [0.15, 0.2) is 67.3 Å². The van der Waals surface area contributed by atoms with Crippen molar-refractivity contribution in [2.24, 2.45) is 0 Å². The molecular weight excluding hydrogens is 364 g/mol.